The molecular weight excluding hydrogens is 228 g/mol. The van der Waals surface area contributed by atoms with Gasteiger partial charge < -0.3 is 9.72 Å². The van der Waals surface area contributed by atoms with Crippen LogP contribution in [0.5, 0.6) is 0 Å². The molecule has 4 heteroatoms. The first-order valence-electron chi connectivity index (χ1n) is 5.98. The van der Waals surface area contributed by atoms with Crippen molar-refractivity contribution >= 4 is 28.0 Å². The first-order chi connectivity index (χ1) is 8.72. The first-order valence-corrected chi connectivity index (χ1v) is 5.98. The number of nitrogens with zero attached hydrogens (tertiary/aromatic N) is 1. The molecule has 0 bridgehead atoms. The molecule has 0 aliphatic carbocycles. The quantitative estimate of drug-likeness (QED) is 0.710. The number of carbonyl (C=O) groups excluding carboxylic acids is 1. The molecule has 2 heterocycles. The van der Waals surface area contributed by atoms with Gasteiger partial charge in [0.15, 0.2) is 0 Å². The Labute approximate surface area is 104 Å². The number of benzene rings is 1. The van der Waals surface area contributed by atoms with Crippen molar-refractivity contribution in [1.82, 2.24) is 9.55 Å². The number of fused-ring (bicyclic) bond motifs is 3. The molecule has 0 spiro atoms. The lowest BCUT2D eigenvalue weighted by atomic mass is 10.2. The third-order valence-corrected chi connectivity index (χ3v) is 3.10. The Morgan fingerprint density at radius 1 is 1.39 bits per heavy atom. The van der Waals surface area contributed by atoms with E-state index in [1.54, 1.807) is 11.5 Å². The molecule has 0 aliphatic rings. The van der Waals surface area contributed by atoms with Crippen LogP contribution in [0.1, 0.15) is 12.5 Å². The number of carbonyl (C=O) groups is 1. The fourth-order valence-corrected chi connectivity index (χ4v) is 2.32. The van der Waals surface area contributed by atoms with Gasteiger partial charge in [0.1, 0.15) is 0 Å². The largest absolute Gasteiger partial charge is 0.449 e. The van der Waals surface area contributed by atoms with Gasteiger partial charge in [-0.1, -0.05) is 18.2 Å². The van der Waals surface area contributed by atoms with Gasteiger partial charge in [0.2, 0.25) is 0 Å². The fraction of sp³-hybridized carbons (Fsp3) is 0.214. The highest BCUT2D eigenvalue weighted by molar-refractivity contribution is 6.09. The zero-order valence-electron chi connectivity index (χ0n) is 10.4. The topological polar surface area (TPSA) is 47.0 Å². The van der Waals surface area contributed by atoms with Crippen molar-refractivity contribution in [3.05, 3.63) is 36.0 Å². The predicted molar refractivity (Wildman–Crippen MR) is 71.0 cm³/mol. The van der Waals surface area contributed by atoms with Crippen molar-refractivity contribution in [2.45, 2.75) is 13.8 Å². The zero-order chi connectivity index (χ0) is 12.7. The number of ether oxygens (including phenoxy) is 1. The highest BCUT2D eigenvalue weighted by atomic mass is 16.5. The number of H-pyrrole nitrogens is 1. The zero-order valence-corrected chi connectivity index (χ0v) is 10.4. The lowest BCUT2D eigenvalue weighted by Crippen LogP contribution is -2.11. The lowest BCUT2D eigenvalue weighted by molar-refractivity contribution is 0.155. The minimum atomic E-state index is -0.333. The van der Waals surface area contributed by atoms with Gasteiger partial charge in [-0.3, -0.25) is 4.57 Å². The lowest BCUT2D eigenvalue weighted by Gasteiger charge is -2.03. The summed E-state index contributed by atoms with van der Waals surface area (Å²) in [6.45, 7) is 4.16. The van der Waals surface area contributed by atoms with Crippen LogP contribution in [0.15, 0.2) is 30.5 Å². The maximum absolute atomic E-state index is 11.9. The molecule has 18 heavy (non-hydrogen) atoms. The monoisotopic (exact) mass is 242 g/mol. The third-order valence-electron chi connectivity index (χ3n) is 3.10. The minimum Gasteiger partial charge on any atom is -0.449 e. The van der Waals surface area contributed by atoms with E-state index in [1.165, 1.54) is 0 Å². The molecule has 1 aromatic carbocycles. The van der Waals surface area contributed by atoms with Crippen LogP contribution in [0.3, 0.4) is 0 Å². The molecular formula is C14H14N2O2. The van der Waals surface area contributed by atoms with E-state index in [1.807, 2.05) is 37.4 Å². The number of rotatable bonds is 1. The van der Waals surface area contributed by atoms with Crippen molar-refractivity contribution in [2.24, 2.45) is 0 Å². The molecule has 3 rings (SSSR count). The maximum Gasteiger partial charge on any atom is 0.418 e. The van der Waals surface area contributed by atoms with Crippen LogP contribution >= 0.6 is 0 Å². The molecule has 0 unspecified atom stereocenters. The van der Waals surface area contributed by atoms with E-state index in [-0.39, 0.29) is 6.09 Å². The molecule has 0 saturated heterocycles. The minimum absolute atomic E-state index is 0.333. The van der Waals surface area contributed by atoms with E-state index < -0.39 is 0 Å². The van der Waals surface area contributed by atoms with E-state index in [9.17, 15) is 4.79 Å². The van der Waals surface area contributed by atoms with Crippen LogP contribution in [0.2, 0.25) is 0 Å². The van der Waals surface area contributed by atoms with Crippen LogP contribution in [0, 0.1) is 6.92 Å². The van der Waals surface area contributed by atoms with Gasteiger partial charge in [-0.15, -0.1) is 0 Å². The third kappa shape index (κ3) is 1.42. The summed E-state index contributed by atoms with van der Waals surface area (Å²) in [5, 5.41) is 1.04. The second-order valence-electron chi connectivity index (χ2n) is 4.28. The smallest absolute Gasteiger partial charge is 0.418 e. The average Bonchev–Trinajstić information content (AvgIpc) is 2.88. The Morgan fingerprint density at radius 2 is 2.17 bits per heavy atom. The van der Waals surface area contributed by atoms with Gasteiger partial charge in [-0.05, 0) is 25.5 Å². The Balaban J connectivity index is 2.35. The van der Waals surface area contributed by atoms with Gasteiger partial charge in [0.25, 0.3) is 0 Å². The number of aryl methyl sites for hydroxylation is 1. The summed E-state index contributed by atoms with van der Waals surface area (Å²) in [6.07, 6.45) is 1.48. The van der Waals surface area contributed by atoms with Crippen LogP contribution in [0.25, 0.3) is 21.9 Å². The summed E-state index contributed by atoms with van der Waals surface area (Å²) in [5.74, 6) is 0. The highest BCUT2D eigenvalue weighted by Gasteiger charge is 2.16. The maximum atomic E-state index is 11.9. The Bertz CT molecular complexity index is 737. The Kier molecular flexibility index (Phi) is 2.37. The van der Waals surface area contributed by atoms with Crippen molar-refractivity contribution in [2.75, 3.05) is 6.61 Å². The van der Waals surface area contributed by atoms with Crippen molar-refractivity contribution < 1.29 is 9.53 Å². The van der Waals surface area contributed by atoms with E-state index in [4.69, 9.17) is 4.74 Å². The molecule has 2 aromatic heterocycles. The second-order valence-corrected chi connectivity index (χ2v) is 4.28. The molecule has 0 atom stereocenters. The standard InChI is InChI=1S/C14H14N2O2/c1-3-18-14(17)16-8-9(2)12-13(16)10-6-4-5-7-11(10)15-12/h4-8,15H,3H2,1-2H3. The summed E-state index contributed by atoms with van der Waals surface area (Å²) in [4.78, 5) is 15.3. The van der Waals surface area contributed by atoms with Crippen molar-refractivity contribution in [3.8, 4) is 0 Å². The molecule has 3 aromatic rings. The first kappa shape index (κ1) is 10.9. The number of hydrogen-bond donors (Lipinski definition) is 1. The molecule has 1 N–H and O–H groups in total. The van der Waals surface area contributed by atoms with Crippen LogP contribution in [0.4, 0.5) is 4.79 Å². The van der Waals surface area contributed by atoms with E-state index in [2.05, 4.69) is 4.98 Å². The molecule has 0 saturated carbocycles. The van der Waals surface area contributed by atoms with Crippen molar-refractivity contribution in [1.29, 1.82) is 0 Å². The number of hydrogen-bond acceptors (Lipinski definition) is 2. The van der Waals surface area contributed by atoms with Gasteiger partial charge in [-0.25, -0.2) is 4.79 Å². The normalized spacial score (nSPS) is 11.2. The van der Waals surface area contributed by atoms with E-state index in [0.29, 0.717) is 6.61 Å². The Morgan fingerprint density at radius 3 is 2.94 bits per heavy atom. The second kappa shape index (κ2) is 3.91. The highest BCUT2D eigenvalue weighted by Crippen LogP contribution is 2.28. The molecule has 0 radical (unpaired) electrons. The molecule has 0 amide bonds. The SMILES string of the molecule is CCOC(=O)n1cc(C)c2[nH]c3ccccc3c21. The summed E-state index contributed by atoms with van der Waals surface area (Å²) in [7, 11) is 0. The van der Waals surface area contributed by atoms with Gasteiger partial charge in [0, 0.05) is 17.1 Å². The summed E-state index contributed by atoms with van der Waals surface area (Å²) in [6, 6.07) is 7.95. The van der Waals surface area contributed by atoms with Crippen LogP contribution in [-0.4, -0.2) is 22.3 Å². The number of para-hydroxylation sites is 1. The molecule has 0 aliphatic heterocycles. The van der Waals surface area contributed by atoms with Crippen LogP contribution < -0.4 is 0 Å². The average molecular weight is 242 g/mol. The van der Waals surface area contributed by atoms with E-state index in [0.717, 1.165) is 27.5 Å². The number of aromatic amines is 1. The summed E-state index contributed by atoms with van der Waals surface area (Å²) < 4.78 is 6.65. The Hall–Kier alpha value is -2.23. The molecule has 0 fully saturated rings. The summed E-state index contributed by atoms with van der Waals surface area (Å²) in [5.41, 5.74) is 3.95. The van der Waals surface area contributed by atoms with Crippen molar-refractivity contribution in [3.63, 3.8) is 0 Å². The summed E-state index contributed by atoms with van der Waals surface area (Å²) >= 11 is 0. The number of nitrogens with one attached hydrogen (secondary N) is 1. The van der Waals surface area contributed by atoms with Gasteiger partial charge in [0.05, 0.1) is 17.6 Å². The fourth-order valence-electron chi connectivity index (χ4n) is 2.32. The molecule has 4 nitrogen and oxygen atoms in total. The van der Waals surface area contributed by atoms with Gasteiger partial charge in [-0.2, -0.15) is 0 Å². The number of aromatic nitrogens is 2. The van der Waals surface area contributed by atoms with Crippen LogP contribution in [-0.2, 0) is 4.74 Å². The van der Waals surface area contributed by atoms with Gasteiger partial charge >= 0.3 is 6.09 Å². The van der Waals surface area contributed by atoms with E-state index >= 15 is 0 Å². The predicted octanol–water partition coefficient (Wildman–Crippen LogP) is 3.44. The molecule has 92 valence electrons.